The topological polar surface area (TPSA) is 54.3 Å². The van der Waals surface area contributed by atoms with E-state index in [9.17, 15) is 4.79 Å². The SMILES string of the molecule is Cc1cc2c(cc1Cl)CC(CC1=NC(N3CCOCC3)=CC(=O)C1)=N2. The van der Waals surface area contributed by atoms with Crippen LogP contribution in [0.1, 0.15) is 24.0 Å². The highest BCUT2D eigenvalue weighted by atomic mass is 35.5. The zero-order valence-electron chi connectivity index (χ0n) is 14.2. The van der Waals surface area contributed by atoms with Crippen LogP contribution in [0.3, 0.4) is 0 Å². The molecule has 4 rings (SSSR count). The maximum atomic E-state index is 12.1. The molecule has 5 nitrogen and oxygen atoms in total. The number of ketones is 1. The molecule has 0 unspecified atom stereocenters. The Morgan fingerprint density at radius 2 is 1.92 bits per heavy atom. The zero-order chi connectivity index (χ0) is 17.4. The van der Waals surface area contributed by atoms with Gasteiger partial charge in [0.25, 0.3) is 0 Å². The van der Waals surface area contributed by atoms with Gasteiger partial charge in [0.1, 0.15) is 5.82 Å². The number of aliphatic imine (C=N–C) groups is 2. The van der Waals surface area contributed by atoms with Crippen molar-refractivity contribution in [2.45, 2.75) is 26.2 Å². The first-order valence-electron chi connectivity index (χ1n) is 8.57. The fourth-order valence-corrected chi connectivity index (χ4v) is 3.59. The number of hydrogen-bond donors (Lipinski definition) is 0. The summed E-state index contributed by atoms with van der Waals surface area (Å²) in [6, 6.07) is 4.02. The van der Waals surface area contributed by atoms with Gasteiger partial charge in [-0.1, -0.05) is 11.6 Å². The Morgan fingerprint density at radius 1 is 1.16 bits per heavy atom. The van der Waals surface area contributed by atoms with Crippen LogP contribution in [0, 0.1) is 6.92 Å². The molecule has 1 saturated heterocycles. The molecule has 1 fully saturated rings. The van der Waals surface area contributed by atoms with Crippen LogP contribution < -0.4 is 0 Å². The van der Waals surface area contributed by atoms with Gasteiger partial charge in [0.05, 0.1) is 18.9 Å². The van der Waals surface area contributed by atoms with E-state index < -0.39 is 0 Å². The number of nitrogens with zero attached hydrogens (tertiary/aromatic N) is 3. The third-order valence-corrected chi connectivity index (χ3v) is 5.12. The molecule has 25 heavy (non-hydrogen) atoms. The van der Waals surface area contributed by atoms with Crippen molar-refractivity contribution in [3.63, 3.8) is 0 Å². The number of hydrogen-bond acceptors (Lipinski definition) is 5. The molecule has 3 aliphatic rings. The molecule has 130 valence electrons. The highest BCUT2D eigenvalue weighted by Crippen LogP contribution is 2.33. The molecular weight excluding hydrogens is 338 g/mol. The number of carbonyl (C=O) groups is 1. The van der Waals surface area contributed by atoms with E-state index in [2.05, 4.69) is 4.90 Å². The molecule has 0 bridgehead atoms. The molecule has 0 aromatic heterocycles. The number of carbonyl (C=O) groups excluding carboxylic acids is 1. The van der Waals surface area contributed by atoms with Crippen LogP contribution in [-0.4, -0.2) is 48.4 Å². The van der Waals surface area contributed by atoms with Crippen molar-refractivity contribution in [1.82, 2.24) is 4.90 Å². The third kappa shape index (κ3) is 3.53. The van der Waals surface area contributed by atoms with Gasteiger partial charge in [-0.25, -0.2) is 4.99 Å². The lowest BCUT2D eigenvalue weighted by atomic mass is 10.0. The molecule has 3 aliphatic heterocycles. The van der Waals surface area contributed by atoms with Crippen molar-refractivity contribution < 1.29 is 9.53 Å². The van der Waals surface area contributed by atoms with Gasteiger partial charge in [-0.05, 0) is 30.2 Å². The van der Waals surface area contributed by atoms with Crippen LogP contribution in [0.25, 0.3) is 0 Å². The largest absolute Gasteiger partial charge is 0.378 e. The summed E-state index contributed by atoms with van der Waals surface area (Å²) in [6.07, 6.45) is 3.45. The number of benzene rings is 1. The molecule has 0 saturated carbocycles. The van der Waals surface area contributed by atoms with Crippen LogP contribution in [0.5, 0.6) is 0 Å². The highest BCUT2D eigenvalue weighted by Gasteiger charge is 2.23. The molecule has 0 atom stereocenters. The summed E-state index contributed by atoms with van der Waals surface area (Å²) in [5.74, 6) is 0.881. The molecule has 1 aromatic carbocycles. The molecule has 6 heteroatoms. The maximum absolute atomic E-state index is 12.1. The fraction of sp³-hybridized carbons (Fsp3) is 0.421. The lowest BCUT2D eigenvalue weighted by Crippen LogP contribution is -2.36. The summed E-state index contributed by atoms with van der Waals surface area (Å²) in [5.41, 5.74) is 5.11. The first-order valence-corrected chi connectivity index (χ1v) is 8.95. The highest BCUT2D eigenvalue weighted by molar-refractivity contribution is 6.31. The number of fused-ring (bicyclic) bond motifs is 1. The van der Waals surface area contributed by atoms with Crippen molar-refractivity contribution in [1.29, 1.82) is 0 Å². The Hall–Kier alpha value is -1.98. The van der Waals surface area contributed by atoms with Crippen molar-refractivity contribution in [2.24, 2.45) is 9.98 Å². The Kier molecular flexibility index (Phi) is 4.44. The van der Waals surface area contributed by atoms with E-state index in [1.807, 2.05) is 19.1 Å². The lowest BCUT2D eigenvalue weighted by Gasteiger charge is -2.30. The third-order valence-electron chi connectivity index (χ3n) is 4.72. The summed E-state index contributed by atoms with van der Waals surface area (Å²) in [7, 11) is 0. The number of rotatable bonds is 3. The van der Waals surface area contributed by atoms with E-state index in [1.165, 1.54) is 0 Å². The predicted molar refractivity (Wildman–Crippen MR) is 99.1 cm³/mol. The van der Waals surface area contributed by atoms with Crippen LogP contribution in [0.2, 0.25) is 5.02 Å². The second-order valence-corrected chi connectivity index (χ2v) is 7.09. The van der Waals surface area contributed by atoms with Gasteiger partial charge in [0.2, 0.25) is 0 Å². The summed E-state index contributed by atoms with van der Waals surface area (Å²) in [4.78, 5) is 23.7. The van der Waals surface area contributed by atoms with Gasteiger partial charge in [-0.15, -0.1) is 0 Å². The zero-order valence-corrected chi connectivity index (χ0v) is 15.0. The molecule has 0 spiro atoms. The van der Waals surface area contributed by atoms with Crippen LogP contribution >= 0.6 is 11.6 Å². The molecule has 0 radical (unpaired) electrons. The first-order chi connectivity index (χ1) is 12.1. The number of morpholine rings is 1. The standard InChI is InChI=1S/C19H20ClN3O2/c1-12-6-18-13(8-17(12)20)7-14(21-18)9-15-10-16(24)11-19(22-15)23-2-4-25-5-3-23/h6,8,11H,2-5,7,9-10H2,1H3. The minimum Gasteiger partial charge on any atom is -0.378 e. The Labute approximate surface area is 152 Å². The molecule has 0 N–H and O–H groups in total. The first kappa shape index (κ1) is 16.5. The number of halogens is 1. The normalized spacial score (nSPS) is 20.2. The second kappa shape index (κ2) is 6.73. The lowest BCUT2D eigenvalue weighted by molar-refractivity contribution is -0.113. The van der Waals surface area contributed by atoms with Crippen molar-refractivity contribution >= 4 is 34.5 Å². The number of allylic oxidation sites excluding steroid dienone is 1. The summed E-state index contributed by atoms with van der Waals surface area (Å²) < 4.78 is 5.37. The van der Waals surface area contributed by atoms with Crippen LogP contribution in [0.4, 0.5) is 5.69 Å². The van der Waals surface area contributed by atoms with Gasteiger partial charge in [-0.2, -0.15) is 0 Å². The van der Waals surface area contributed by atoms with Gasteiger partial charge < -0.3 is 9.64 Å². The summed E-state index contributed by atoms with van der Waals surface area (Å²) in [6.45, 7) is 4.90. The quantitative estimate of drug-likeness (QED) is 0.834. The molecule has 1 aromatic rings. The Morgan fingerprint density at radius 3 is 2.72 bits per heavy atom. The average Bonchev–Trinajstić information content (AvgIpc) is 2.96. The number of ether oxygens (including phenoxy) is 1. The molecule has 0 amide bonds. The van der Waals surface area contributed by atoms with Crippen molar-refractivity contribution in [3.05, 3.63) is 40.2 Å². The molecule has 3 heterocycles. The van der Waals surface area contributed by atoms with Crippen molar-refractivity contribution in [3.8, 4) is 0 Å². The monoisotopic (exact) mass is 357 g/mol. The predicted octanol–water partition coefficient (Wildman–Crippen LogP) is 3.25. The van der Waals surface area contributed by atoms with E-state index in [0.29, 0.717) is 26.1 Å². The van der Waals surface area contributed by atoms with E-state index >= 15 is 0 Å². The van der Waals surface area contributed by atoms with E-state index in [0.717, 1.165) is 58.6 Å². The summed E-state index contributed by atoms with van der Waals surface area (Å²) in [5, 5.41) is 0.776. The Bertz CT molecular complexity index is 820. The smallest absolute Gasteiger partial charge is 0.164 e. The Balaban J connectivity index is 1.51. The fourth-order valence-electron chi connectivity index (χ4n) is 3.41. The average molecular weight is 358 g/mol. The molecule has 0 aliphatic carbocycles. The van der Waals surface area contributed by atoms with Crippen LogP contribution in [-0.2, 0) is 16.0 Å². The molecular formula is C19H20ClN3O2. The van der Waals surface area contributed by atoms with E-state index in [-0.39, 0.29) is 5.78 Å². The summed E-state index contributed by atoms with van der Waals surface area (Å²) >= 11 is 6.21. The van der Waals surface area contributed by atoms with Gasteiger partial charge in [-0.3, -0.25) is 9.79 Å². The maximum Gasteiger partial charge on any atom is 0.164 e. The minimum atomic E-state index is 0.112. The van der Waals surface area contributed by atoms with Gasteiger partial charge in [0.15, 0.2) is 5.78 Å². The van der Waals surface area contributed by atoms with Gasteiger partial charge in [0, 0.05) is 54.9 Å². The van der Waals surface area contributed by atoms with E-state index in [1.54, 1.807) is 6.08 Å². The van der Waals surface area contributed by atoms with Gasteiger partial charge >= 0.3 is 0 Å². The van der Waals surface area contributed by atoms with E-state index in [4.69, 9.17) is 26.3 Å². The number of aryl methyl sites for hydroxylation is 1. The second-order valence-electron chi connectivity index (χ2n) is 6.68. The minimum absolute atomic E-state index is 0.112. The van der Waals surface area contributed by atoms with Crippen molar-refractivity contribution in [2.75, 3.05) is 26.3 Å². The van der Waals surface area contributed by atoms with Crippen LogP contribution in [0.15, 0.2) is 34.0 Å².